The number of carbonyl (C=O) groups is 1. The summed E-state index contributed by atoms with van der Waals surface area (Å²) in [5.41, 5.74) is 10.3. The SMILES string of the molecule is C=C(C)C(=O)OCCCCCCCOc1ccc(-c2ccc(-c3ccc4c(c3)C3(c5cc(-c6cc7sc(C)cc7s6)ccc5-4)C(C)(C)CCCC3(C)C)s2)cc1. The molecule has 0 amide bonds. The molecule has 0 N–H and O–H groups in total. The van der Waals surface area contributed by atoms with Crippen molar-refractivity contribution in [3.05, 3.63) is 113 Å². The van der Waals surface area contributed by atoms with Gasteiger partial charge in [0.1, 0.15) is 5.75 Å². The molecule has 1 spiro atoms. The van der Waals surface area contributed by atoms with Crippen molar-refractivity contribution >= 4 is 49.4 Å². The van der Waals surface area contributed by atoms with E-state index < -0.39 is 0 Å². The Bertz CT molecular complexity index is 2350. The van der Waals surface area contributed by atoms with Gasteiger partial charge in [0.05, 0.1) is 13.2 Å². The molecular formula is C50H54O3S3. The van der Waals surface area contributed by atoms with Crippen LogP contribution in [-0.2, 0) is 14.9 Å². The van der Waals surface area contributed by atoms with Crippen LogP contribution in [0.5, 0.6) is 5.75 Å². The third kappa shape index (κ3) is 7.01. The Kier molecular flexibility index (Phi) is 10.7. The van der Waals surface area contributed by atoms with Crippen molar-refractivity contribution in [2.75, 3.05) is 13.2 Å². The van der Waals surface area contributed by atoms with Crippen LogP contribution in [-0.4, -0.2) is 19.2 Å². The molecule has 0 aliphatic heterocycles. The third-order valence-electron chi connectivity index (χ3n) is 12.6. The Labute approximate surface area is 345 Å². The average Bonchev–Trinajstić information content (AvgIpc) is 3.94. The summed E-state index contributed by atoms with van der Waals surface area (Å²) in [4.78, 5) is 16.8. The van der Waals surface area contributed by atoms with Crippen molar-refractivity contribution in [2.45, 2.75) is 98.3 Å². The molecule has 2 aliphatic rings. The van der Waals surface area contributed by atoms with E-state index in [-0.39, 0.29) is 22.2 Å². The number of thiophene rings is 3. The van der Waals surface area contributed by atoms with Gasteiger partial charge in [-0.2, -0.15) is 0 Å². The van der Waals surface area contributed by atoms with Crippen LogP contribution in [0.3, 0.4) is 0 Å². The molecule has 0 atom stereocenters. The minimum absolute atomic E-state index is 0.0892. The van der Waals surface area contributed by atoms with Gasteiger partial charge in [0, 0.05) is 39.9 Å². The van der Waals surface area contributed by atoms with Gasteiger partial charge in [0.15, 0.2) is 0 Å². The molecule has 2 aliphatic carbocycles. The van der Waals surface area contributed by atoms with E-state index >= 15 is 0 Å². The molecule has 8 rings (SSSR count). The van der Waals surface area contributed by atoms with Gasteiger partial charge in [0.25, 0.3) is 0 Å². The number of esters is 1. The molecule has 0 bridgehead atoms. The van der Waals surface area contributed by atoms with Gasteiger partial charge >= 0.3 is 5.97 Å². The fourth-order valence-corrected chi connectivity index (χ4v) is 13.3. The van der Waals surface area contributed by atoms with Crippen molar-refractivity contribution in [2.24, 2.45) is 10.8 Å². The number of rotatable bonds is 13. The molecule has 3 aromatic heterocycles. The van der Waals surface area contributed by atoms with E-state index in [0.29, 0.717) is 18.8 Å². The Morgan fingerprint density at radius 2 is 1.20 bits per heavy atom. The second kappa shape index (κ2) is 15.4. The summed E-state index contributed by atoms with van der Waals surface area (Å²) < 4.78 is 14.1. The normalized spacial score (nSPS) is 16.2. The molecule has 3 heterocycles. The molecule has 0 unspecified atom stereocenters. The summed E-state index contributed by atoms with van der Waals surface area (Å²) >= 11 is 5.72. The van der Waals surface area contributed by atoms with Crippen LogP contribution in [0.2, 0.25) is 0 Å². The first-order valence-electron chi connectivity index (χ1n) is 20.3. The molecule has 3 aromatic carbocycles. The number of aryl methyl sites for hydroxylation is 1. The smallest absolute Gasteiger partial charge is 0.333 e. The third-order valence-corrected chi connectivity index (χ3v) is 16.0. The van der Waals surface area contributed by atoms with Crippen LogP contribution in [0, 0.1) is 17.8 Å². The van der Waals surface area contributed by atoms with E-state index in [9.17, 15) is 4.79 Å². The van der Waals surface area contributed by atoms with Gasteiger partial charge in [-0.25, -0.2) is 4.79 Å². The van der Waals surface area contributed by atoms with Crippen LogP contribution < -0.4 is 4.74 Å². The molecule has 6 heteroatoms. The minimum Gasteiger partial charge on any atom is -0.494 e. The highest BCUT2D eigenvalue weighted by atomic mass is 32.1. The number of unbranched alkanes of at least 4 members (excludes halogenated alkanes) is 4. The van der Waals surface area contributed by atoms with Crippen molar-refractivity contribution in [1.29, 1.82) is 0 Å². The van der Waals surface area contributed by atoms with Crippen LogP contribution in [0.1, 0.15) is 102 Å². The lowest BCUT2D eigenvalue weighted by Gasteiger charge is -2.59. The van der Waals surface area contributed by atoms with Crippen molar-refractivity contribution in [3.63, 3.8) is 0 Å². The summed E-state index contributed by atoms with van der Waals surface area (Å²) in [5, 5.41) is 0. The lowest BCUT2D eigenvalue weighted by Crippen LogP contribution is -2.55. The van der Waals surface area contributed by atoms with E-state index in [1.54, 1.807) is 6.92 Å². The first-order chi connectivity index (χ1) is 26.9. The maximum Gasteiger partial charge on any atom is 0.333 e. The number of carbonyl (C=O) groups excluding carboxylic acids is 1. The molecule has 3 nitrogen and oxygen atoms in total. The Balaban J connectivity index is 0.993. The first-order valence-corrected chi connectivity index (χ1v) is 22.8. The Morgan fingerprint density at radius 1 is 0.643 bits per heavy atom. The van der Waals surface area contributed by atoms with E-state index in [1.165, 1.54) is 87.1 Å². The van der Waals surface area contributed by atoms with Crippen LogP contribution in [0.25, 0.3) is 51.8 Å². The van der Waals surface area contributed by atoms with Crippen molar-refractivity contribution < 1.29 is 14.3 Å². The molecule has 1 fully saturated rings. The maximum absolute atomic E-state index is 11.5. The number of benzene rings is 3. The largest absolute Gasteiger partial charge is 0.494 e. The summed E-state index contributed by atoms with van der Waals surface area (Å²) in [7, 11) is 0. The van der Waals surface area contributed by atoms with Crippen LogP contribution in [0.4, 0.5) is 0 Å². The second-order valence-corrected chi connectivity index (χ2v) is 20.8. The molecule has 56 heavy (non-hydrogen) atoms. The van der Waals surface area contributed by atoms with Gasteiger partial charge in [-0.1, -0.05) is 84.2 Å². The first kappa shape index (κ1) is 38.9. The quantitative estimate of drug-likeness (QED) is 0.0663. The highest BCUT2D eigenvalue weighted by Crippen LogP contribution is 2.70. The standard InChI is InChI=1S/C50H54O3S3/c1-32(2)47(51)53-27-12-10-8-9-11-26-52-37-18-14-34(15-19-37)42-22-23-43(55-42)35-16-20-38-39-21-17-36(44-31-46-45(56-44)28-33(3)54-46)30-41(39)50(40(38)29-35)48(4,5)24-13-25-49(50,6)7/h14-23,28-31H,1,8-13,24-27H2,2-7H3. The van der Waals surface area contributed by atoms with E-state index in [0.717, 1.165) is 37.9 Å². The molecule has 0 saturated heterocycles. The topological polar surface area (TPSA) is 35.5 Å². The fourth-order valence-electron chi connectivity index (χ4n) is 10.0. The van der Waals surface area contributed by atoms with E-state index in [1.807, 2.05) is 34.0 Å². The molecule has 1 saturated carbocycles. The van der Waals surface area contributed by atoms with Crippen LogP contribution >= 0.6 is 34.0 Å². The van der Waals surface area contributed by atoms with Gasteiger partial charge in [-0.3, -0.25) is 0 Å². The molecule has 6 aromatic rings. The zero-order chi connectivity index (χ0) is 39.2. The number of hydrogen-bond acceptors (Lipinski definition) is 6. The molecular weight excluding hydrogens is 745 g/mol. The second-order valence-electron chi connectivity index (χ2n) is 17.3. The zero-order valence-corrected chi connectivity index (χ0v) is 36.3. The van der Waals surface area contributed by atoms with E-state index in [4.69, 9.17) is 9.47 Å². The van der Waals surface area contributed by atoms with Gasteiger partial charge in [0.2, 0.25) is 0 Å². The molecule has 290 valence electrons. The maximum atomic E-state index is 11.5. The predicted molar refractivity (Wildman–Crippen MR) is 241 cm³/mol. The van der Waals surface area contributed by atoms with Gasteiger partial charge in [-0.05, 0) is 150 Å². The summed E-state index contributed by atoms with van der Waals surface area (Å²) in [6.45, 7) is 18.9. The highest BCUT2D eigenvalue weighted by Gasteiger charge is 2.62. The number of fused-ring (bicyclic) bond motifs is 6. The lowest BCUT2D eigenvalue weighted by atomic mass is 9.44. The van der Waals surface area contributed by atoms with Crippen LogP contribution in [0.15, 0.2) is 97.1 Å². The monoisotopic (exact) mass is 798 g/mol. The predicted octanol–water partition coefficient (Wildman–Crippen LogP) is 15.3. The van der Waals surface area contributed by atoms with Crippen molar-refractivity contribution in [3.8, 4) is 48.2 Å². The van der Waals surface area contributed by atoms with Gasteiger partial charge in [-0.15, -0.1) is 34.0 Å². The lowest BCUT2D eigenvalue weighted by molar-refractivity contribution is -0.139. The summed E-state index contributed by atoms with van der Waals surface area (Å²) in [5.74, 6) is 0.615. The summed E-state index contributed by atoms with van der Waals surface area (Å²) in [6, 6.07) is 32.7. The average molecular weight is 799 g/mol. The van der Waals surface area contributed by atoms with Gasteiger partial charge < -0.3 is 9.47 Å². The zero-order valence-electron chi connectivity index (χ0n) is 33.8. The van der Waals surface area contributed by atoms with Crippen molar-refractivity contribution in [1.82, 2.24) is 0 Å². The fraction of sp³-hybridized carbons (Fsp3) is 0.380. The highest BCUT2D eigenvalue weighted by molar-refractivity contribution is 7.29. The molecule has 0 radical (unpaired) electrons. The summed E-state index contributed by atoms with van der Waals surface area (Å²) in [6.07, 6.45) is 8.86. The number of hydrogen-bond donors (Lipinski definition) is 0. The van der Waals surface area contributed by atoms with E-state index in [2.05, 4.69) is 126 Å². The minimum atomic E-state index is -0.297. The Hall–Kier alpha value is -3.97. The Morgan fingerprint density at radius 3 is 1.82 bits per heavy atom. The number of ether oxygens (including phenoxy) is 2.